The predicted molar refractivity (Wildman–Crippen MR) is 62.0 cm³/mol. The fourth-order valence-electron chi connectivity index (χ4n) is 1.42. The molecule has 4 nitrogen and oxygen atoms in total. The van der Waals surface area contributed by atoms with Gasteiger partial charge in [0, 0.05) is 22.1 Å². The molecule has 0 saturated heterocycles. The van der Waals surface area contributed by atoms with Crippen LogP contribution in [0.25, 0.3) is 0 Å². The number of hydrogen-bond donors (Lipinski definition) is 1. The Morgan fingerprint density at radius 2 is 2.19 bits per heavy atom. The van der Waals surface area contributed by atoms with Gasteiger partial charge < -0.3 is 9.52 Å². The highest BCUT2D eigenvalue weighted by Crippen LogP contribution is 2.16. The average molecular weight is 244 g/mol. The van der Waals surface area contributed by atoms with Crippen molar-refractivity contribution in [3.63, 3.8) is 0 Å². The Kier molecular flexibility index (Phi) is 4.29. The van der Waals surface area contributed by atoms with Gasteiger partial charge in [0.05, 0.1) is 5.75 Å². The molecule has 1 aromatic heterocycles. The first-order valence-electron chi connectivity index (χ1n) is 5.07. The van der Waals surface area contributed by atoms with Crippen molar-refractivity contribution in [2.75, 3.05) is 5.75 Å². The summed E-state index contributed by atoms with van der Waals surface area (Å²) in [5.41, 5.74) is 0.573. The van der Waals surface area contributed by atoms with Gasteiger partial charge in [0.1, 0.15) is 5.76 Å². The van der Waals surface area contributed by atoms with E-state index in [-0.39, 0.29) is 11.5 Å². The highest BCUT2D eigenvalue weighted by Gasteiger charge is 2.15. The first-order valence-corrected chi connectivity index (χ1v) is 6.56. The number of aromatic carboxylic acids is 1. The summed E-state index contributed by atoms with van der Waals surface area (Å²) in [6.45, 7) is 5.66. The molecule has 0 aliphatic rings. The van der Waals surface area contributed by atoms with E-state index in [4.69, 9.17) is 9.52 Å². The second-order valence-corrected chi connectivity index (χ2v) is 5.68. The van der Waals surface area contributed by atoms with Gasteiger partial charge >= 0.3 is 5.97 Å². The summed E-state index contributed by atoms with van der Waals surface area (Å²) in [7, 11) is -0.996. The van der Waals surface area contributed by atoms with Crippen LogP contribution in [0.1, 0.15) is 35.7 Å². The Morgan fingerprint density at radius 1 is 1.56 bits per heavy atom. The van der Waals surface area contributed by atoms with Crippen LogP contribution in [0.2, 0.25) is 0 Å². The van der Waals surface area contributed by atoms with Gasteiger partial charge in [0.2, 0.25) is 5.76 Å². The molecule has 0 saturated carbocycles. The number of aryl methyl sites for hydroxylation is 1. The highest BCUT2D eigenvalue weighted by atomic mass is 32.2. The maximum Gasteiger partial charge on any atom is 0.372 e. The van der Waals surface area contributed by atoms with E-state index in [1.807, 2.05) is 13.8 Å². The number of carboxylic acid groups (broad SMARTS) is 1. The van der Waals surface area contributed by atoms with Crippen molar-refractivity contribution in [2.24, 2.45) is 5.92 Å². The molecular formula is C11H16O4S. The molecule has 1 aromatic rings. The maximum atomic E-state index is 11.6. The van der Waals surface area contributed by atoms with Crippen LogP contribution < -0.4 is 0 Å². The van der Waals surface area contributed by atoms with E-state index in [1.54, 1.807) is 13.0 Å². The monoisotopic (exact) mass is 244 g/mol. The molecular weight excluding hydrogens is 228 g/mol. The molecule has 1 rings (SSSR count). The lowest BCUT2D eigenvalue weighted by Gasteiger charge is -2.02. The Morgan fingerprint density at radius 3 is 2.62 bits per heavy atom. The molecule has 0 aliphatic heterocycles. The minimum Gasteiger partial charge on any atom is -0.475 e. The Balaban J connectivity index is 2.72. The van der Waals surface area contributed by atoms with Gasteiger partial charge in [-0.3, -0.25) is 4.21 Å². The van der Waals surface area contributed by atoms with Crippen molar-refractivity contribution < 1.29 is 18.5 Å². The largest absolute Gasteiger partial charge is 0.475 e. The van der Waals surface area contributed by atoms with Crippen molar-refractivity contribution >= 4 is 16.8 Å². The van der Waals surface area contributed by atoms with E-state index < -0.39 is 16.8 Å². The quantitative estimate of drug-likeness (QED) is 0.862. The summed E-state index contributed by atoms with van der Waals surface area (Å²) in [6.07, 6.45) is 0. The zero-order valence-electron chi connectivity index (χ0n) is 9.65. The number of furan rings is 1. The SMILES string of the molecule is Cc1cc(CS(=O)CC(C)C)oc1C(=O)O. The van der Waals surface area contributed by atoms with E-state index in [0.717, 1.165) is 0 Å². The van der Waals surface area contributed by atoms with Crippen LogP contribution in [0, 0.1) is 12.8 Å². The van der Waals surface area contributed by atoms with E-state index in [9.17, 15) is 9.00 Å². The molecule has 0 spiro atoms. The van der Waals surface area contributed by atoms with Gasteiger partial charge in [0.15, 0.2) is 0 Å². The molecule has 0 fully saturated rings. The molecule has 16 heavy (non-hydrogen) atoms. The predicted octanol–water partition coefficient (Wildman–Crippen LogP) is 2.19. The molecule has 0 aliphatic carbocycles. The summed E-state index contributed by atoms with van der Waals surface area (Å²) in [5.74, 6) is 0.578. The molecule has 1 N–H and O–H groups in total. The van der Waals surface area contributed by atoms with Crippen molar-refractivity contribution in [1.82, 2.24) is 0 Å². The van der Waals surface area contributed by atoms with Crippen LogP contribution in [0.3, 0.4) is 0 Å². The lowest BCUT2D eigenvalue weighted by Crippen LogP contribution is -2.06. The van der Waals surface area contributed by atoms with Crippen molar-refractivity contribution in [3.8, 4) is 0 Å². The van der Waals surface area contributed by atoms with Gasteiger partial charge in [-0.25, -0.2) is 4.79 Å². The Hall–Kier alpha value is -1.10. The summed E-state index contributed by atoms with van der Waals surface area (Å²) in [6, 6.07) is 1.64. The van der Waals surface area contributed by atoms with Gasteiger partial charge in [-0.2, -0.15) is 0 Å². The van der Waals surface area contributed by atoms with E-state index in [2.05, 4.69) is 0 Å². The Labute approximate surface area is 97.1 Å². The van der Waals surface area contributed by atoms with Crippen LogP contribution in [-0.4, -0.2) is 21.0 Å². The first kappa shape index (κ1) is 13.0. The highest BCUT2D eigenvalue weighted by molar-refractivity contribution is 7.84. The van der Waals surface area contributed by atoms with Gasteiger partial charge in [-0.15, -0.1) is 0 Å². The van der Waals surface area contributed by atoms with E-state index >= 15 is 0 Å². The molecule has 1 unspecified atom stereocenters. The van der Waals surface area contributed by atoms with Crippen LogP contribution in [0.5, 0.6) is 0 Å². The van der Waals surface area contributed by atoms with Gasteiger partial charge in [-0.1, -0.05) is 13.8 Å². The van der Waals surface area contributed by atoms with Crippen LogP contribution in [0.4, 0.5) is 0 Å². The van der Waals surface area contributed by atoms with Crippen molar-refractivity contribution in [1.29, 1.82) is 0 Å². The van der Waals surface area contributed by atoms with Crippen molar-refractivity contribution in [3.05, 3.63) is 23.2 Å². The fourth-order valence-corrected chi connectivity index (χ4v) is 2.74. The fraction of sp³-hybridized carbons (Fsp3) is 0.545. The van der Waals surface area contributed by atoms with Crippen molar-refractivity contribution in [2.45, 2.75) is 26.5 Å². The van der Waals surface area contributed by atoms with E-state index in [1.165, 1.54) is 0 Å². The third kappa shape index (κ3) is 3.48. The molecule has 0 amide bonds. The van der Waals surface area contributed by atoms with Crippen LogP contribution >= 0.6 is 0 Å². The number of hydrogen-bond acceptors (Lipinski definition) is 3. The van der Waals surface area contributed by atoms with Gasteiger partial charge in [0.25, 0.3) is 0 Å². The zero-order chi connectivity index (χ0) is 12.3. The smallest absolute Gasteiger partial charge is 0.372 e. The van der Waals surface area contributed by atoms with Crippen LogP contribution in [0.15, 0.2) is 10.5 Å². The third-order valence-corrected chi connectivity index (χ3v) is 3.63. The van der Waals surface area contributed by atoms with Crippen LogP contribution in [-0.2, 0) is 16.6 Å². The van der Waals surface area contributed by atoms with E-state index in [0.29, 0.717) is 23.0 Å². The van der Waals surface area contributed by atoms with Gasteiger partial charge in [-0.05, 0) is 18.9 Å². The molecule has 90 valence electrons. The third-order valence-electron chi connectivity index (χ3n) is 1.99. The summed E-state index contributed by atoms with van der Waals surface area (Å²) in [4.78, 5) is 10.7. The molecule has 0 radical (unpaired) electrons. The normalized spacial score (nSPS) is 13.0. The average Bonchev–Trinajstić information content (AvgIpc) is 2.44. The topological polar surface area (TPSA) is 67.5 Å². The molecule has 5 heteroatoms. The molecule has 1 atom stereocenters. The summed E-state index contributed by atoms with van der Waals surface area (Å²) < 4.78 is 16.8. The number of carbonyl (C=O) groups is 1. The lowest BCUT2D eigenvalue weighted by atomic mass is 10.3. The lowest BCUT2D eigenvalue weighted by molar-refractivity contribution is 0.0659. The molecule has 1 heterocycles. The number of rotatable bonds is 5. The number of carboxylic acids is 1. The maximum absolute atomic E-state index is 11.6. The summed E-state index contributed by atoms with van der Waals surface area (Å²) >= 11 is 0. The second kappa shape index (κ2) is 5.30. The zero-order valence-corrected chi connectivity index (χ0v) is 10.5. The minimum absolute atomic E-state index is 0.0588. The minimum atomic E-state index is -1.08. The second-order valence-electron chi connectivity index (χ2n) is 4.17. The molecule has 0 aromatic carbocycles. The molecule has 0 bridgehead atoms. The standard InChI is InChI=1S/C11H16O4S/c1-7(2)5-16(14)6-9-4-8(3)10(15-9)11(12)13/h4,7H,5-6H2,1-3H3,(H,12,13). The Bertz CT molecular complexity index is 406. The summed E-state index contributed by atoms with van der Waals surface area (Å²) in [5, 5.41) is 8.79. The first-order chi connectivity index (χ1) is 7.40.